The summed E-state index contributed by atoms with van der Waals surface area (Å²) < 4.78 is 28.9. The number of hydrogen-bond donors (Lipinski definition) is 0. The summed E-state index contributed by atoms with van der Waals surface area (Å²) in [5.74, 6) is 0.805. The first kappa shape index (κ1) is 38.3. The zero-order chi connectivity index (χ0) is 39.7. The molecule has 0 radical (unpaired) electrons. The number of nitrogens with zero attached hydrogens (tertiary/aromatic N) is 6. The van der Waals surface area contributed by atoms with Crippen molar-refractivity contribution in [1.82, 2.24) is 19.9 Å². The number of esters is 2. The van der Waals surface area contributed by atoms with Crippen LogP contribution in [0.25, 0.3) is 0 Å². The molecule has 1 aliphatic carbocycles. The first-order valence-corrected chi connectivity index (χ1v) is 18.5. The second kappa shape index (κ2) is 17.6. The van der Waals surface area contributed by atoms with Crippen molar-refractivity contribution in [2.24, 2.45) is 0 Å². The van der Waals surface area contributed by atoms with E-state index in [1.54, 1.807) is 75.4 Å². The van der Waals surface area contributed by atoms with Crippen molar-refractivity contribution >= 4 is 34.7 Å². The summed E-state index contributed by atoms with van der Waals surface area (Å²) in [4.78, 5) is 48.1. The monoisotopic (exact) mass is 766 g/mol. The molecule has 0 unspecified atom stereocenters. The van der Waals surface area contributed by atoms with E-state index in [1.165, 1.54) is 12.7 Å². The Morgan fingerprint density at radius 2 is 1.07 bits per heavy atom. The zero-order valence-electron chi connectivity index (χ0n) is 32.1. The third-order valence-corrected chi connectivity index (χ3v) is 8.98. The van der Waals surface area contributed by atoms with Gasteiger partial charge in [0.2, 0.25) is 0 Å². The van der Waals surface area contributed by atoms with Crippen LogP contribution in [0.5, 0.6) is 23.0 Å². The maximum atomic E-state index is 13.7. The van der Waals surface area contributed by atoms with Gasteiger partial charge in [0, 0.05) is 70.8 Å². The van der Waals surface area contributed by atoms with Gasteiger partial charge in [-0.1, -0.05) is 12.1 Å². The molecule has 7 rings (SSSR count). The van der Waals surface area contributed by atoms with Crippen molar-refractivity contribution < 1.29 is 33.3 Å². The molecule has 0 saturated heterocycles. The highest BCUT2D eigenvalue weighted by Gasteiger charge is 2.26. The van der Waals surface area contributed by atoms with Gasteiger partial charge in [0.15, 0.2) is 23.0 Å². The Bertz CT molecular complexity index is 2170. The molecule has 1 saturated carbocycles. The van der Waals surface area contributed by atoms with Gasteiger partial charge in [-0.25, -0.2) is 29.5 Å². The van der Waals surface area contributed by atoms with Crippen molar-refractivity contribution in [2.75, 3.05) is 24.0 Å². The Morgan fingerprint density at radius 1 is 0.614 bits per heavy atom. The van der Waals surface area contributed by atoms with Crippen LogP contribution in [0.4, 0.5) is 22.7 Å². The standard InChI is InChI=1S/C44H42N6O7/c1-29(2)55-41-19-36(11-15-39(41)53-3)49(25-30-21-45-27-46-22-30)34-9-5-7-32(17-34)43(51)57-44(52)33-8-6-10-35(18-33)50(26-31-23-47-28-48-24-31)37-12-16-40(54-4)42(20-37)56-38-13-14-38/h5-12,15-24,27-29,38H,13-14,25-26H2,1-4H3. The highest BCUT2D eigenvalue weighted by molar-refractivity contribution is 6.03. The predicted molar refractivity (Wildman–Crippen MR) is 214 cm³/mol. The van der Waals surface area contributed by atoms with Crippen molar-refractivity contribution in [3.63, 3.8) is 0 Å². The van der Waals surface area contributed by atoms with Crippen molar-refractivity contribution in [3.05, 3.63) is 145 Å². The molecule has 1 fully saturated rings. The minimum absolute atomic E-state index is 0.0927. The molecule has 2 heterocycles. The minimum Gasteiger partial charge on any atom is -0.493 e. The molecule has 290 valence electrons. The Hall–Kier alpha value is -7.02. The van der Waals surface area contributed by atoms with Gasteiger partial charge in [-0.15, -0.1) is 0 Å². The van der Waals surface area contributed by atoms with Crippen LogP contribution in [0.1, 0.15) is 58.5 Å². The van der Waals surface area contributed by atoms with E-state index in [0.717, 1.165) is 35.3 Å². The number of rotatable bonds is 16. The summed E-state index contributed by atoms with van der Waals surface area (Å²) in [7, 11) is 3.20. The molecule has 57 heavy (non-hydrogen) atoms. The molecule has 0 amide bonds. The molecule has 1 aliphatic rings. The van der Waals surface area contributed by atoms with Gasteiger partial charge < -0.3 is 33.5 Å². The van der Waals surface area contributed by atoms with Gasteiger partial charge in [0.05, 0.1) is 50.6 Å². The first-order chi connectivity index (χ1) is 27.8. The topological polar surface area (TPSA) is 138 Å². The van der Waals surface area contributed by atoms with E-state index >= 15 is 0 Å². The lowest BCUT2D eigenvalue weighted by atomic mass is 10.1. The van der Waals surface area contributed by atoms with Crippen LogP contribution in [0.2, 0.25) is 0 Å². The van der Waals surface area contributed by atoms with Crippen LogP contribution < -0.4 is 28.7 Å². The lowest BCUT2D eigenvalue weighted by Gasteiger charge is -2.27. The van der Waals surface area contributed by atoms with Gasteiger partial charge in [0.25, 0.3) is 0 Å². The maximum absolute atomic E-state index is 13.7. The molecule has 6 aromatic rings. The van der Waals surface area contributed by atoms with Crippen LogP contribution in [-0.2, 0) is 17.8 Å². The number of aromatic nitrogens is 4. The summed E-state index contributed by atoms with van der Waals surface area (Å²) in [5, 5.41) is 0. The largest absolute Gasteiger partial charge is 0.493 e. The molecule has 13 heteroatoms. The summed E-state index contributed by atoms with van der Waals surface area (Å²) in [6.07, 6.45) is 11.9. The van der Waals surface area contributed by atoms with E-state index in [-0.39, 0.29) is 23.3 Å². The molecular formula is C44H42N6O7. The summed E-state index contributed by atoms with van der Waals surface area (Å²) in [6.45, 7) is 4.63. The van der Waals surface area contributed by atoms with Crippen LogP contribution in [0.3, 0.4) is 0 Å². The van der Waals surface area contributed by atoms with E-state index in [4.69, 9.17) is 23.7 Å². The van der Waals surface area contributed by atoms with Crippen LogP contribution >= 0.6 is 0 Å². The second-order valence-electron chi connectivity index (χ2n) is 13.6. The Morgan fingerprint density at radius 3 is 1.53 bits per heavy atom. The van der Waals surface area contributed by atoms with E-state index < -0.39 is 11.9 Å². The smallest absolute Gasteiger partial charge is 0.346 e. The van der Waals surface area contributed by atoms with E-state index in [9.17, 15) is 9.59 Å². The first-order valence-electron chi connectivity index (χ1n) is 18.5. The number of methoxy groups -OCH3 is 2. The van der Waals surface area contributed by atoms with Gasteiger partial charge in [-0.2, -0.15) is 0 Å². The fraction of sp³-hybridized carbons (Fsp3) is 0.227. The molecule has 0 aliphatic heterocycles. The Kier molecular flexibility index (Phi) is 11.8. The molecule has 0 atom stereocenters. The number of carbonyl (C=O) groups is 2. The molecule has 2 aromatic heterocycles. The van der Waals surface area contributed by atoms with Gasteiger partial charge in [0.1, 0.15) is 12.7 Å². The van der Waals surface area contributed by atoms with E-state index in [1.807, 2.05) is 72.2 Å². The van der Waals surface area contributed by atoms with Gasteiger partial charge in [-0.3, -0.25) is 0 Å². The number of benzene rings is 4. The molecular weight excluding hydrogens is 725 g/mol. The molecule has 13 nitrogen and oxygen atoms in total. The Balaban J connectivity index is 1.15. The average Bonchev–Trinajstić information content (AvgIpc) is 4.06. The lowest BCUT2D eigenvalue weighted by Crippen LogP contribution is -2.19. The highest BCUT2D eigenvalue weighted by Crippen LogP contribution is 2.40. The van der Waals surface area contributed by atoms with Crippen molar-refractivity contribution in [2.45, 2.75) is 52.0 Å². The molecule has 0 bridgehead atoms. The Labute approximate surface area is 330 Å². The second-order valence-corrected chi connectivity index (χ2v) is 13.6. The zero-order valence-corrected chi connectivity index (χ0v) is 32.1. The predicted octanol–water partition coefficient (Wildman–Crippen LogP) is 8.29. The van der Waals surface area contributed by atoms with Crippen molar-refractivity contribution in [1.29, 1.82) is 0 Å². The lowest BCUT2D eigenvalue weighted by molar-refractivity contribution is 0.0397. The third-order valence-electron chi connectivity index (χ3n) is 8.98. The maximum Gasteiger partial charge on any atom is 0.346 e. The van der Waals surface area contributed by atoms with Gasteiger partial charge >= 0.3 is 11.9 Å². The summed E-state index contributed by atoms with van der Waals surface area (Å²) in [6, 6.07) is 25.1. The fourth-order valence-electron chi connectivity index (χ4n) is 6.13. The molecule has 0 spiro atoms. The van der Waals surface area contributed by atoms with Gasteiger partial charge in [-0.05, 0) is 87.4 Å². The minimum atomic E-state index is -0.802. The van der Waals surface area contributed by atoms with Crippen LogP contribution in [0.15, 0.2) is 122 Å². The third kappa shape index (κ3) is 9.62. The molecule has 4 aromatic carbocycles. The van der Waals surface area contributed by atoms with E-state index in [2.05, 4.69) is 19.9 Å². The van der Waals surface area contributed by atoms with Crippen LogP contribution in [0, 0.1) is 0 Å². The fourth-order valence-corrected chi connectivity index (χ4v) is 6.13. The number of hydrogen-bond acceptors (Lipinski definition) is 13. The SMILES string of the molecule is COc1ccc(N(Cc2cncnc2)c2cccc(C(=O)OC(=O)c3cccc(N(Cc4cncnc4)c4ccc(OC)c(OC5CC5)c4)c3)c2)cc1OC(C)C. The average molecular weight is 767 g/mol. The summed E-state index contributed by atoms with van der Waals surface area (Å²) in [5.41, 5.74) is 4.94. The number of ether oxygens (including phenoxy) is 5. The molecule has 0 N–H and O–H groups in total. The number of carbonyl (C=O) groups excluding carboxylic acids is 2. The van der Waals surface area contributed by atoms with E-state index in [0.29, 0.717) is 47.5 Å². The number of anilines is 4. The highest BCUT2D eigenvalue weighted by atomic mass is 16.6. The summed E-state index contributed by atoms with van der Waals surface area (Å²) >= 11 is 0. The van der Waals surface area contributed by atoms with Crippen LogP contribution in [-0.4, -0.2) is 58.3 Å². The quantitative estimate of drug-likeness (QED) is 0.0690. The normalized spacial score (nSPS) is 12.1. The van der Waals surface area contributed by atoms with Crippen molar-refractivity contribution in [3.8, 4) is 23.0 Å².